The summed E-state index contributed by atoms with van der Waals surface area (Å²) < 4.78 is 32.8. The summed E-state index contributed by atoms with van der Waals surface area (Å²) in [5.74, 6) is -5.76. The lowest BCUT2D eigenvalue weighted by atomic mass is 9.88. The summed E-state index contributed by atoms with van der Waals surface area (Å²) in [5.41, 5.74) is 0.475. The first-order valence-electron chi connectivity index (χ1n) is 10.3. The molecule has 2 fully saturated rings. The van der Waals surface area contributed by atoms with Crippen LogP contribution in [-0.2, 0) is 38.1 Å². The van der Waals surface area contributed by atoms with Gasteiger partial charge in [-0.25, -0.2) is 4.39 Å². The molecule has 2 aliphatic carbocycles. The molecular weight excluding hydrogens is 459 g/mol. The Hall–Kier alpha value is -2.66. The van der Waals surface area contributed by atoms with Crippen LogP contribution in [0.4, 0.5) is 4.39 Å². The normalized spacial score (nSPS) is 27.3. The summed E-state index contributed by atoms with van der Waals surface area (Å²) in [6.07, 6.45) is -0.985. The number of halogens is 1. The van der Waals surface area contributed by atoms with E-state index in [1.807, 2.05) is 0 Å². The zero-order valence-electron chi connectivity index (χ0n) is 18.3. The van der Waals surface area contributed by atoms with Crippen molar-refractivity contribution in [3.8, 4) is 0 Å². The molecule has 0 amide bonds. The molecule has 1 aromatic rings. The molecule has 0 unspecified atom stereocenters. The fourth-order valence-electron chi connectivity index (χ4n) is 4.33. The van der Waals surface area contributed by atoms with E-state index in [0.717, 1.165) is 4.90 Å². The third kappa shape index (κ3) is 5.83. The van der Waals surface area contributed by atoms with Gasteiger partial charge in [-0.05, 0) is 36.6 Å². The van der Waals surface area contributed by atoms with Gasteiger partial charge in [-0.15, -0.1) is 11.8 Å². The summed E-state index contributed by atoms with van der Waals surface area (Å²) in [6.45, 7) is 2.86. The van der Waals surface area contributed by atoms with Crippen molar-refractivity contribution in [3.63, 3.8) is 0 Å². The van der Waals surface area contributed by atoms with Crippen molar-refractivity contribution in [2.45, 2.75) is 31.8 Å². The number of benzene rings is 1. The summed E-state index contributed by atoms with van der Waals surface area (Å²) in [6, 6.07) is 4.63. The Balaban J connectivity index is 1.69. The number of esters is 4. The molecule has 2 saturated carbocycles. The Bertz CT molecular complexity index is 936. The fraction of sp³-hybridized carbons (Fsp3) is 0.545. The topological polar surface area (TPSA) is 125 Å². The van der Waals surface area contributed by atoms with Crippen LogP contribution in [-0.4, -0.2) is 54.4 Å². The third-order valence-electron chi connectivity index (χ3n) is 5.88. The van der Waals surface area contributed by atoms with E-state index in [0.29, 0.717) is 11.3 Å². The molecule has 2 aliphatic rings. The molecule has 0 radical (unpaired) electrons. The number of thioether (sulfide) groups is 1. The van der Waals surface area contributed by atoms with E-state index >= 15 is 0 Å². The van der Waals surface area contributed by atoms with Gasteiger partial charge in [0.15, 0.2) is 0 Å². The van der Waals surface area contributed by atoms with E-state index in [1.54, 1.807) is 19.1 Å². The lowest BCUT2D eigenvalue weighted by molar-refractivity contribution is -0.171. The second kappa shape index (κ2) is 10.5. The maximum absolute atomic E-state index is 13.5. The minimum atomic E-state index is -0.985. The number of hydrogen-bond acceptors (Lipinski definition) is 10. The van der Waals surface area contributed by atoms with Gasteiger partial charge in [0.05, 0.1) is 17.9 Å². The van der Waals surface area contributed by atoms with Crippen molar-refractivity contribution in [3.05, 3.63) is 29.6 Å². The quantitative estimate of drug-likeness (QED) is 0.315. The van der Waals surface area contributed by atoms with Gasteiger partial charge < -0.3 is 24.1 Å². The highest BCUT2D eigenvalue weighted by molar-refractivity contribution is 7.99. The first-order chi connectivity index (χ1) is 15.6. The highest BCUT2D eigenvalue weighted by Crippen LogP contribution is 2.64. The van der Waals surface area contributed by atoms with Crippen LogP contribution in [0.1, 0.15) is 19.4 Å². The maximum Gasteiger partial charge on any atom is 0.312 e. The Morgan fingerprint density at radius 1 is 0.939 bits per heavy atom. The molecule has 33 heavy (non-hydrogen) atoms. The van der Waals surface area contributed by atoms with Gasteiger partial charge in [0.25, 0.3) is 0 Å². The molecule has 9 nitrogen and oxygen atoms in total. The molecule has 0 aliphatic heterocycles. The number of ether oxygens (including phenoxy) is 4. The molecule has 1 N–H and O–H groups in total. The van der Waals surface area contributed by atoms with Crippen molar-refractivity contribution in [1.29, 1.82) is 0 Å². The van der Waals surface area contributed by atoms with E-state index < -0.39 is 73.2 Å². The number of rotatable bonds is 9. The van der Waals surface area contributed by atoms with E-state index in [4.69, 9.17) is 9.47 Å². The van der Waals surface area contributed by atoms with Gasteiger partial charge in [0.1, 0.15) is 5.82 Å². The highest BCUT2D eigenvalue weighted by Gasteiger charge is 2.72. The number of hydrogen-bond donors (Lipinski definition) is 1. The van der Waals surface area contributed by atoms with E-state index in [9.17, 15) is 28.7 Å². The molecular formula is C22H25FO9S. The largest absolute Gasteiger partial charge is 0.428 e. The monoisotopic (exact) mass is 484 g/mol. The van der Waals surface area contributed by atoms with Crippen LogP contribution in [0.3, 0.4) is 0 Å². The Morgan fingerprint density at radius 2 is 1.52 bits per heavy atom. The second-order valence-electron chi connectivity index (χ2n) is 8.02. The molecule has 0 heterocycles. The number of aliphatic hydroxyl groups excluding tert-OH is 1. The number of fused-ring (bicyclic) bond motifs is 1. The molecule has 180 valence electrons. The Morgan fingerprint density at radius 3 is 2.06 bits per heavy atom. The standard InChI is InChI=1S/C22H25FO9S/c1-10-6-13(4-5-15(10)23)33-7-14-16(21(27)31-8-29-11(2)24)17-18(20(14)26)19(17)22(28)32-9-30-12(3)25/h4-6,14,16-20,26H,7-9H2,1-3H3/t14-,16+,17-,18+,19+,20+/m0/s1. The van der Waals surface area contributed by atoms with Crippen molar-refractivity contribution in [2.75, 3.05) is 19.3 Å². The summed E-state index contributed by atoms with van der Waals surface area (Å²) in [4.78, 5) is 47.8. The number of aryl methyl sites for hydroxylation is 1. The predicted octanol–water partition coefficient (Wildman–Crippen LogP) is 1.82. The third-order valence-corrected chi connectivity index (χ3v) is 7.02. The van der Waals surface area contributed by atoms with Crippen LogP contribution in [0.5, 0.6) is 0 Å². The first kappa shape index (κ1) is 25.0. The minimum absolute atomic E-state index is 0.321. The van der Waals surface area contributed by atoms with Crippen molar-refractivity contribution >= 4 is 35.6 Å². The van der Waals surface area contributed by atoms with Gasteiger partial charge in [0.2, 0.25) is 13.6 Å². The van der Waals surface area contributed by atoms with Gasteiger partial charge >= 0.3 is 23.9 Å². The van der Waals surface area contributed by atoms with Crippen LogP contribution >= 0.6 is 11.8 Å². The number of aliphatic hydroxyl groups is 1. The predicted molar refractivity (Wildman–Crippen MR) is 111 cm³/mol. The lowest BCUT2D eigenvalue weighted by Gasteiger charge is -2.25. The van der Waals surface area contributed by atoms with E-state index in [-0.39, 0.29) is 5.82 Å². The molecule has 11 heteroatoms. The average Bonchev–Trinajstić information content (AvgIpc) is 3.40. The zero-order chi connectivity index (χ0) is 24.3. The molecule has 3 rings (SSSR count). The van der Waals surface area contributed by atoms with Crippen molar-refractivity contribution in [1.82, 2.24) is 0 Å². The molecule has 0 saturated heterocycles. The summed E-state index contributed by atoms with van der Waals surface area (Å²) in [7, 11) is 0. The van der Waals surface area contributed by atoms with Crippen LogP contribution in [0, 0.1) is 42.3 Å². The van der Waals surface area contributed by atoms with E-state index in [1.165, 1.54) is 31.7 Å². The molecule has 0 aromatic heterocycles. The van der Waals surface area contributed by atoms with E-state index in [2.05, 4.69) is 9.47 Å². The number of carbonyl (C=O) groups is 4. The smallest absolute Gasteiger partial charge is 0.312 e. The van der Waals surface area contributed by atoms with Gasteiger partial charge in [-0.2, -0.15) is 0 Å². The second-order valence-corrected chi connectivity index (χ2v) is 9.11. The average molecular weight is 484 g/mol. The summed E-state index contributed by atoms with van der Waals surface area (Å²) in [5, 5.41) is 10.9. The minimum Gasteiger partial charge on any atom is -0.428 e. The van der Waals surface area contributed by atoms with Gasteiger partial charge in [-0.1, -0.05) is 0 Å². The SMILES string of the molecule is CC(=O)OCOC(=O)[C@@H]1[C@H](CSc2ccc(F)c(C)c2)[C@@H](O)[C@H]2[C@H](C(=O)OCOC(C)=O)[C@@H]12. The number of carbonyl (C=O) groups excluding carboxylic acids is 4. The summed E-state index contributed by atoms with van der Waals surface area (Å²) >= 11 is 1.35. The molecule has 0 spiro atoms. The first-order valence-corrected chi connectivity index (χ1v) is 11.3. The Kier molecular flexibility index (Phi) is 7.96. The van der Waals surface area contributed by atoms with Gasteiger partial charge in [-0.3, -0.25) is 19.2 Å². The van der Waals surface area contributed by atoms with Crippen molar-refractivity contribution < 1.29 is 47.6 Å². The fourth-order valence-corrected chi connectivity index (χ4v) is 5.54. The van der Waals surface area contributed by atoms with Crippen molar-refractivity contribution in [2.24, 2.45) is 29.6 Å². The highest BCUT2D eigenvalue weighted by atomic mass is 32.2. The molecule has 1 aromatic carbocycles. The maximum atomic E-state index is 13.5. The van der Waals surface area contributed by atoms with Crippen LogP contribution in [0.25, 0.3) is 0 Å². The van der Waals surface area contributed by atoms with Crippen LogP contribution < -0.4 is 0 Å². The molecule has 6 atom stereocenters. The van der Waals surface area contributed by atoms with Gasteiger partial charge in [0, 0.05) is 36.3 Å². The Labute approximate surface area is 193 Å². The van der Waals surface area contributed by atoms with Crippen LogP contribution in [0.2, 0.25) is 0 Å². The lowest BCUT2D eigenvalue weighted by Crippen LogP contribution is -2.36. The van der Waals surface area contributed by atoms with Crippen LogP contribution in [0.15, 0.2) is 23.1 Å². The zero-order valence-corrected chi connectivity index (χ0v) is 19.1. The molecule has 0 bridgehead atoms.